The molecule has 0 saturated carbocycles. The molecule has 0 spiro atoms. The van der Waals surface area contributed by atoms with Crippen molar-refractivity contribution < 1.29 is 28.6 Å². The third-order valence-corrected chi connectivity index (χ3v) is 12.6. The zero-order chi connectivity index (χ0) is 44.4. The van der Waals surface area contributed by atoms with Gasteiger partial charge < -0.3 is 14.2 Å². The largest absolute Gasteiger partial charge is 0.462 e. The van der Waals surface area contributed by atoms with Crippen molar-refractivity contribution in [3.05, 3.63) is 0 Å². The van der Waals surface area contributed by atoms with Gasteiger partial charge in [0.1, 0.15) is 13.2 Å². The smallest absolute Gasteiger partial charge is 0.306 e. The van der Waals surface area contributed by atoms with Crippen LogP contribution in [-0.4, -0.2) is 37.2 Å². The second-order valence-electron chi connectivity index (χ2n) is 18.9. The van der Waals surface area contributed by atoms with Crippen molar-refractivity contribution >= 4 is 17.9 Å². The molecule has 0 rings (SSSR count). The molecule has 6 nitrogen and oxygen atoms in total. The molecule has 0 aliphatic heterocycles. The van der Waals surface area contributed by atoms with Crippen LogP contribution in [-0.2, 0) is 28.6 Å². The standard InChI is InChI=1S/C55H106O6/c1-4-7-10-13-16-19-22-24-26-27-28-30-32-34-37-40-43-46-49-55(58)61-52(50-59-53(56)47-44-41-38-35-21-18-15-12-9-6-3)51-60-54(57)48-45-42-39-36-33-31-29-25-23-20-17-14-11-8-5-2/h52H,4-51H2,1-3H3/t52-/m1/s1. The van der Waals surface area contributed by atoms with Gasteiger partial charge in [-0.25, -0.2) is 0 Å². The van der Waals surface area contributed by atoms with Gasteiger partial charge in [0.15, 0.2) is 6.10 Å². The summed E-state index contributed by atoms with van der Waals surface area (Å²) >= 11 is 0. The predicted molar refractivity (Wildman–Crippen MR) is 261 cm³/mol. The summed E-state index contributed by atoms with van der Waals surface area (Å²) < 4.78 is 16.8. The van der Waals surface area contributed by atoms with Crippen molar-refractivity contribution in [2.45, 2.75) is 322 Å². The van der Waals surface area contributed by atoms with E-state index in [-0.39, 0.29) is 31.1 Å². The monoisotopic (exact) mass is 863 g/mol. The maximum absolute atomic E-state index is 12.8. The first kappa shape index (κ1) is 59.4. The minimum atomic E-state index is -0.760. The highest BCUT2D eigenvalue weighted by atomic mass is 16.6. The van der Waals surface area contributed by atoms with E-state index < -0.39 is 6.10 Å². The van der Waals surface area contributed by atoms with E-state index in [1.54, 1.807) is 0 Å². The fraction of sp³-hybridized carbons (Fsp3) is 0.945. The van der Waals surface area contributed by atoms with Gasteiger partial charge in [-0.05, 0) is 19.3 Å². The van der Waals surface area contributed by atoms with Crippen LogP contribution in [0.4, 0.5) is 0 Å². The van der Waals surface area contributed by atoms with Gasteiger partial charge in [0.2, 0.25) is 0 Å². The predicted octanol–water partition coefficient (Wildman–Crippen LogP) is 18.0. The Hall–Kier alpha value is -1.59. The van der Waals surface area contributed by atoms with E-state index in [0.29, 0.717) is 19.3 Å². The molecule has 0 aromatic carbocycles. The molecule has 0 aliphatic carbocycles. The number of hydrogen-bond acceptors (Lipinski definition) is 6. The van der Waals surface area contributed by atoms with Crippen LogP contribution in [0.15, 0.2) is 0 Å². The number of ether oxygens (including phenoxy) is 3. The summed E-state index contributed by atoms with van der Waals surface area (Å²) in [5.41, 5.74) is 0. The number of esters is 3. The number of carbonyl (C=O) groups excluding carboxylic acids is 3. The van der Waals surface area contributed by atoms with E-state index in [1.165, 1.54) is 218 Å². The second kappa shape index (κ2) is 51.0. The molecule has 0 aromatic heterocycles. The summed E-state index contributed by atoms with van der Waals surface area (Å²) in [6, 6.07) is 0. The summed E-state index contributed by atoms with van der Waals surface area (Å²) in [4.78, 5) is 38.0. The highest BCUT2D eigenvalue weighted by molar-refractivity contribution is 5.71. The lowest BCUT2D eigenvalue weighted by atomic mass is 10.0. The van der Waals surface area contributed by atoms with Crippen LogP contribution in [0.5, 0.6) is 0 Å². The van der Waals surface area contributed by atoms with E-state index in [9.17, 15) is 14.4 Å². The number of carbonyl (C=O) groups is 3. The van der Waals surface area contributed by atoms with Crippen molar-refractivity contribution in [2.75, 3.05) is 13.2 Å². The number of unbranched alkanes of at least 4 members (excludes halogenated alkanes) is 40. The van der Waals surface area contributed by atoms with E-state index in [0.717, 1.165) is 57.8 Å². The van der Waals surface area contributed by atoms with Gasteiger partial charge in [-0.15, -0.1) is 0 Å². The zero-order valence-corrected chi connectivity index (χ0v) is 41.5. The maximum Gasteiger partial charge on any atom is 0.306 e. The summed E-state index contributed by atoms with van der Waals surface area (Å²) in [5.74, 6) is -0.838. The Kier molecular flexibility index (Phi) is 49.7. The van der Waals surface area contributed by atoms with Gasteiger partial charge in [0, 0.05) is 19.3 Å². The van der Waals surface area contributed by atoms with Crippen molar-refractivity contribution in [3.63, 3.8) is 0 Å². The molecule has 0 saturated heterocycles. The Labute approximate surface area is 380 Å². The third-order valence-electron chi connectivity index (χ3n) is 12.6. The van der Waals surface area contributed by atoms with Crippen LogP contribution in [0.3, 0.4) is 0 Å². The number of rotatable bonds is 51. The van der Waals surface area contributed by atoms with Crippen LogP contribution in [0.2, 0.25) is 0 Å². The molecular weight excluding hydrogens is 757 g/mol. The molecule has 0 fully saturated rings. The average molecular weight is 863 g/mol. The van der Waals surface area contributed by atoms with Crippen LogP contribution in [0.1, 0.15) is 316 Å². The quantitative estimate of drug-likeness (QED) is 0.0344. The molecular formula is C55H106O6. The number of hydrogen-bond donors (Lipinski definition) is 0. The lowest BCUT2D eigenvalue weighted by Gasteiger charge is -2.18. The normalized spacial score (nSPS) is 11.9. The summed E-state index contributed by atoms with van der Waals surface area (Å²) in [6.07, 6.45) is 55.2. The first-order chi connectivity index (χ1) is 30.0. The lowest BCUT2D eigenvalue weighted by Crippen LogP contribution is -2.30. The Morgan fingerprint density at radius 2 is 0.443 bits per heavy atom. The molecule has 61 heavy (non-hydrogen) atoms. The van der Waals surface area contributed by atoms with Crippen molar-refractivity contribution in [1.82, 2.24) is 0 Å². The first-order valence-electron chi connectivity index (χ1n) is 27.5. The van der Waals surface area contributed by atoms with Gasteiger partial charge in [-0.1, -0.05) is 278 Å². The SMILES string of the molecule is CCCCCCCCCCCCCCCCCCCCC(=O)O[C@H](COC(=O)CCCCCCCCCCCC)COC(=O)CCCCCCCCCCCCCCCCC. The van der Waals surface area contributed by atoms with Crippen LogP contribution in [0.25, 0.3) is 0 Å². The Balaban J connectivity index is 4.25. The van der Waals surface area contributed by atoms with Gasteiger partial charge in [0.05, 0.1) is 0 Å². The molecule has 0 unspecified atom stereocenters. The Morgan fingerprint density at radius 1 is 0.262 bits per heavy atom. The summed E-state index contributed by atoms with van der Waals surface area (Å²) in [7, 11) is 0. The first-order valence-corrected chi connectivity index (χ1v) is 27.5. The molecule has 0 bridgehead atoms. The van der Waals surface area contributed by atoms with Gasteiger partial charge in [-0.3, -0.25) is 14.4 Å². The maximum atomic E-state index is 12.8. The molecule has 6 heteroatoms. The van der Waals surface area contributed by atoms with Crippen LogP contribution >= 0.6 is 0 Å². The molecule has 0 N–H and O–H groups in total. The zero-order valence-electron chi connectivity index (χ0n) is 41.5. The van der Waals surface area contributed by atoms with E-state index in [2.05, 4.69) is 20.8 Å². The van der Waals surface area contributed by atoms with Crippen LogP contribution < -0.4 is 0 Å². The van der Waals surface area contributed by atoms with E-state index in [1.807, 2.05) is 0 Å². The fourth-order valence-corrected chi connectivity index (χ4v) is 8.45. The van der Waals surface area contributed by atoms with E-state index >= 15 is 0 Å². The Bertz CT molecular complexity index is 905. The van der Waals surface area contributed by atoms with E-state index in [4.69, 9.17) is 14.2 Å². The van der Waals surface area contributed by atoms with Gasteiger partial charge in [-0.2, -0.15) is 0 Å². The van der Waals surface area contributed by atoms with Gasteiger partial charge >= 0.3 is 17.9 Å². The fourth-order valence-electron chi connectivity index (χ4n) is 8.45. The molecule has 0 radical (unpaired) electrons. The van der Waals surface area contributed by atoms with Crippen molar-refractivity contribution in [1.29, 1.82) is 0 Å². The highest BCUT2D eigenvalue weighted by Crippen LogP contribution is 2.17. The topological polar surface area (TPSA) is 78.9 Å². The minimum Gasteiger partial charge on any atom is -0.462 e. The average Bonchev–Trinajstić information content (AvgIpc) is 3.26. The van der Waals surface area contributed by atoms with Crippen molar-refractivity contribution in [3.8, 4) is 0 Å². The van der Waals surface area contributed by atoms with Crippen molar-refractivity contribution in [2.24, 2.45) is 0 Å². The molecule has 0 aromatic rings. The lowest BCUT2D eigenvalue weighted by molar-refractivity contribution is -0.167. The molecule has 1 atom stereocenters. The molecule has 0 heterocycles. The van der Waals surface area contributed by atoms with Gasteiger partial charge in [0.25, 0.3) is 0 Å². The third kappa shape index (κ3) is 49.3. The summed E-state index contributed by atoms with van der Waals surface area (Å²) in [6.45, 7) is 6.68. The summed E-state index contributed by atoms with van der Waals surface area (Å²) in [5, 5.41) is 0. The molecule has 362 valence electrons. The Morgan fingerprint density at radius 3 is 0.656 bits per heavy atom. The van der Waals surface area contributed by atoms with Crippen LogP contribution in [0, 0.1) is 0 Å². The molecule has 0 amide bonds. The highest BCUT2D eigenvalue weighted by Gasteiger charge is 2.19. The molecule has 0 aliphatic rings. The minimum absolute atomic E-state index is 0.0615. The second-order valence-corrected chi connectivity index (χ2v) is 18.9.